The maximum atomic E-state index is 8.88. The summed E-state index contributed by atoms with van der Waals surface area (Å²) in [5.41, 5.74) is 1.72. The van der Waals surface area contributed by atoms with Crippen molar-refractivity contribution in [3.05, 3.63) is 28.8 Å². The average Bonchev–Trinajstić information content (AvgIpc) is 2.40. The quantitative estimate of drug-likeness (QED) is 0.809. The van der Waals surface area contributed by atoms with Gasteiger partial charge in [-0.2, -0.15) is 5.26 Å². The molecule has 1 aliphatic heterocycles. The van der Waals surface area contributed by atoms with Crippen LogP contribution in [0.5, 0.6) is 0 Å². The summed E-state index contributed by atoms with van der Waals surface area (Å²) in [7, 11) is 0. The second-order valence-electron chi connectivity index (χ2n) is 4.91. The summed E-state index contributed by atoms with van der Waals surface area (Å²) in [6, 6.07) is 8.36. The molecule has 0 spiro atoms. The van der Waals surface area contributed by atoms with Crippen LogP contribution in [-0.4, -0.2) is 12.6 Å². The van der Waals surface area contributed by atoms with Gasteiger partial charge in [0.15, 0.2) is 0 Å². The summed E-state index contributed by atoms with van der Waals surface area (Å²) in [6.45, 7) is 3.31. The van der Waals surface area contributed by atoms with Gasteiger partial charge in [-0.25, -0.2) is 0 Å². The third kappa shape index (κ3) is 2.79. The fraction of sp³-hybridized carbons (Fsp3) is 0.533. The molecule has 2 nitrogen and oxygen atoms in total. The summed E-state index contributed by atoms with van der Waals surface area (Å²) >= 11 is 6.31. The van der Waals surface area contributed by atoms with E-state index in [4.69, 9.17) is 16.9 Å². The average molecular weight is 263 g/mol. The second-order valence-corrected chi connectivity index (χ2v) is 5.32. The van der Waals surface area contributed by atoms with Gasteiger partial charge in [0.1, 0.15) is 0 Å². The Hall–Kier alpha value is -1.20. The molecule has 3 heteroatoms. The molecule has 1 saturated heterocycles. The van der Waals surface area contributed by atoms with Crippen LogP contribution in [-0.2, 0) is 0 Å². The Morgan fingerprint density at radius 3 is 2.94 bits per heavy atom. The number of nitrogens with zero attached hydrogens (tertiary/aromatic N) is 2. The highest BCUT2D eigenvalue weighted by Gasteiger charge is 2.23. The number of rotatable bonds is 3. The Labute approximate surface area is 114 Å². The molecule has 96 valence electrons. The van der Waals surface area contributed by atoms with Crippen molar-refractivity contribution in [2.45, 2.75) is 45.1 Å². The van der Waals surface area contributed by atoms with E-state index in [1.54, 1.807) is 6.07 Å². The van der Waals surface area contributed by atoms with Crippen LogP contribution in [0, 0.1) is 11.3 Å². The second kappa shape index (κ2) is 6.11. The van der Waals surface area contributed by atoms with Gasteiger partial charge in [0.2, 0.25) is 0 Å². The number of benzene rings is 1. The monoisotopic (exact) mass is 262 g/mol. The summed E-state index contributed by atoms with van der Waals surface area (Å²) in [4.78, 5) is 2.43. The van der Waals surface area contributed by atoms with Crippen LogP contribution >= 0.6 is 11.6 Å². The van der Waals surface area contributed by atoms with E-state index in [0.717, 1.165) is 12.2 Å². The minimum atomic E-state index is 0.606. The molecule has 0 radical (unpaired) electrons. The SMILES string of the molecule is CCCC1CCCCN1c1ccc(C#N)cc1Cl. The smallest absolute Gasteiger partial charge is 0.0992 e. The van der Waals surface area contributed by atoms with Gasteiger partial charge >= 0.3 is 0 Å². The lowest BCUT2D eigenvalue weighted by molar-refractivity contribution is 0.435. The van der Waals surface area contributed by atoms with Crippen LogP contribution < -0.4 is 4.90 Å². The molecule has 1 heterocycles. The molecule has 0 aliphatic carbocycles. The number of nitriles is 1. The van der Waals surface area contributed by atoms with Crippen molar-refractivity contribution in [1.29, 1.82) is 5.26 Å². The van der Waals surface area contributed by atoms with Crippen molar-refractivity contribution >= 4 is 17.3 Å². The summed E-state index contributed by atoms with van der Waals surface area (Å²) < 4.78 is 0. The minimum absolute atomic E-state index is 0.606. The Bertz CT molecular complexity index is 448. The van der Waals surface area contributed by atoms with Crippen LogP contribution in [0.1, 0.15) is 44.6 Å². The van der Waals surface area contributed by atoms with E-state index in [0.29, 0.717) is 16.6 Å². The van der Waals surface area contributed by atoms with E-state index in [2.05, 4.69) is 17.9 Å². The van der Waals surface area contributed by atoms with E-state index in [-0.39, 0.29) is 0 Å². The molecule has 1 aromatic carbocycles. The van der Waals surface area contributed by atoms with Gasteiger partial charge in [0.25, 0.3) is 0 Å². The molecule has 0 N–H and O–H groups in total. The number of hydrogen-bond donors (Lipinski definition) is 0. The zero-order valence-electron chi connectivity index (χ0n) is 10.8. The van der Waals surface area contributed by atoms with Gasteiger partial charge in [-0.15, -0.1) is 0 Å². The first-order valence-electron chi connectivity index (χ1n) is 6.72. The Morgan fingerprint density at radius 2 is 2.28 bits per heavy atom. The molecular formula is C15H19ClN2. The van der Waals surface area contributed by atoms with Crippen LogP contribution in [0.3, 0.4) is 0 Å². The zero-order chi connectivity index (χ0) is 13.0. The summed E-state index contributed by atoms with van der Waals surface area (Å²) in [5, 5.41) is 9.58. The lowest BCUT2D eigenvalue weighted by Gasteiger charge is -2.38. The van der Waals surface area contributed by atoms with Crippen molar-refractivity contribution in [3.63, 3.8) is 0 Å². The zero-order valence-corrected chi connectivity index (χ0v) is 11.6. The fourth-order valence-electron chi connectivity index (χ4n) is 2.76. The Balaban J connectivity index is 2.25. The molecule has 1 aliphatic rings. The number of anilines is 1. The standard InChI is InChI=1S/C15H19ClN2/c1-2-5-13-6-3-4-9-18(13)15-8-7-12(11-17)10-14(15)16/h7-8,10,13H,2-6,9H2,1H3. The molecule has 0 saturated carbocycles. The molecule has 0 bridgehead atoms. The minimum Gasteiger partial charge on any atom is -0.367 e. The lowest BCUT2D eigenvalue weighted by atomic mass is 9.97. The Kier molecular flexibility index (Phi) is 4.49. The van der Waals surface area contributed by atoms with Gasteiger partial charge in [-0.1, -0.05) is 24.9 Å². The van der Waals surface area contributed by atoms with Crippen molar-refractivity contribution in [1.82, 2.24) is 0 Å². The predicted molar refractivity (Wildman–Crippen MR) is 76.1 cm³/mol. The van der Waals surface area contributed by atoms with E-state index in [1.807, 2.05) is 12.1 Å². The van der Waals surface area contributed by atoms with Gasteiger partial charge in [0, 0.05) is 12.6 Å². The first-order valence-corrected chi connectivity index (χ1v) is 7.10. The van der Waals surface area contributed by atoms with Gasteiger partial charge in [-0.3, -0.25) is 0 Å². The van der Waals surface area contributed by atoms with Crippen molar-refractivity contribution in [2.24, 2.45) is 0 Å². The van der Waals surface area contributed by atoms with Gasteiger partial charge in [0.05, 0.1) is 22.3 Å². The van der Waals surface area contributed by atoms with Crippen LogP contribution in [0.2, 0.25) is 5.02 Å². The highest BCUT2D eigenvalue weighted by Crippen LogP contribution is 2.33. The lowest BCUT2D eigenvalue weighted by Crippen LogP contribution is -2.39. The third-order valence-electron chi connectivity index (χ3n) is 3.64. The molecule has 2 rings (SSSR count). The van der Waals surface area contributed by atoms with Gasteiger partial charge in [-0.05, 0) is 43.9 Å². The van der Waals surface area contributed by atoms with Crippen LogP contribution in [0.15, 0.2) is 18.2 Å². The molecule has 1 fully saturated rings. The van der Waals surface area contributed by atoms with Gasteiger partial charge < -0.3 is 4.90 Å². The predicted octanol–water partition coefficient (Wildman–Crippen LogP) is 4.37. The van der Waals surface area contributed by atoms with E-state index in [9.17, 15) is 0 Å². The highest BCUT2D eigenvalue weighted by molar-refractivity contribution is 6.33. The van der Waals surface area contributed by atoms with E-state index in [1.165, 1.54) is 32.1 Å². The molecule has 0 amide bonds. The molecule has 0 aromatic heterocycles. The third-order valence-corrected chi connectivity index (χ3v) is 3.94. The summed E-state index contributed by atoms with van der Waals surface area (Å²) in [5.74, 6) is 0. The molecular weight excluding hydrogens is 244 g/mol. The van der Waals surface area contributed by atoms with Crippen molar-refractivity contribution in [2.75, 3.05) is 11.4 Å². The Morgan fingerprint density at radius 1 is 1.44 bits per heavy atom. The number of halogens is 1. The first-order chi connectivity index (χ1) is 8.76. The largest absolute Gasteiger partial charge is 0.367 e. The topological polar surface area (TPSA) is 27.0 Å². The maximum absolute atomic E-state index is 8.88. The van der Waals surface area contributed by atoms with E-state index >= 15 is 0 Å². The molecule has 1 aromatic rings. The number of piperidine rings is 1. The van der Waals surface area contributed by atoms with Crippen LogP contribution in [0.25, 0.3) is 0 Å². The van der Waals surface area contributed by atoms with E-state index < -0.39 is 0 Å². The van der Waals surface area contributed by atoms with Crippen molar-refractivity contribution < 1.29 is 0 Å². The normalized spacial score (nSPS) is 19.6. The highest BCUT2D eigenvalue weighted by atomic mass is 35.5. The van der Waals surface area contributed by atoms with Crippen LogP contribution in [0.4, 0.5) is 5.69 Å². The maximum Gasteiger partial charge on any atom is 0.0992 e. The molecule has 1 unspecified atom stereocenters. The van der Waals surface area contributed by atoms with Crippen molar-refractivity contribution in [3.8, 4) is 6.07 Å². The summed E-state index contributed by atoms with van der Waals surface area (Å²) in [6.07, 6.45) is 6.22. The first kappa shape index (κ1) is 13.2. The molecule has 1 atom stereocenters. The fourth-order valence-corrected chi connectivity index (χ4v) is 3.05. The molecule has 18 heavy (non-hydrogen) atoms. The number of hydrogen-bond acceptors (Lipinski definition) is 2.